The lowest BCUT2D eigenvalue weighted by Gasteiger charge is -2.16. The molecule has 0 atom stereocenters. The molecule has 1 aliphatic heterocycles. The second kappa shape index (κ2) is 11.8. The van der Waals surface area contributed by atoms with Crippen molar-refractivity contribution in [3.8, 4) is 0 Å². The van der Waals surface area contributed by atoms with Gasteiger partial charge in [-0.25, -0.2) is 14.4 Å². The number of aromatic nitrogens is 1. The Morgan fingerprint density at radius 3 is 2.71 bits per heavy atom. The van der Waals surface area contributed by atoms with Crippen LogP contribution in [0.2, 0.25) is 0 Å². The SMILES string of the molecule is CCNC(=NCc1ccnc(N2CCCC2)c1)NCCc1ccccc1F.I. The lowest BCUT2D eigenvalue weighted by atomic mass is 10.1. The molecule has 7 heteroatoms. The van der Waals surface area contributed by atoms with Crippen molar-refractivity contribution in [1.82, 2.24) is 15.6 Å². The Hall–Kier alpha value is -1.90. The number of nitrogens with zero attached hydrogens (tertiary/aromatic N) is 3. The minimum atomic E-state index is -0.160. The van der Waals surface area contributed by atoms with Gasteiger partial charge < -0.3 is 15.5 Å². The molecule has 152 valence electrons. The van der Waals surface area contributed by atoms with E-state index in [-0.39, 0.29) is 29.8 Å². The molecule has 2 heterocycles. The first-order valence-corrected chi connectivity index (χ1v) is 9.71. The minimum absolute atomic E-state index is 0. The molecule has 1 aromatic carbocycles. The summed E-state index contributed by atoms with van der Waals surface area (Å²) in [4.78, 5) is 11.5. The summed E-state index contributed by atoms with van der Waals surface area (Å²) in [5, 5.41) is 6.53. The third-order valence-electron chi connectivity index (χ3n) is 4.65. The van der Waals surface area contributed by atoms with Crippen LogP contribution in [0.4, 0.5) is 10.2 Å². The van der Waals surface area contributed by atoms with E-state index in [1.165, 1.54) is 18.9 Å². The fraction of sp³-hybridized carbons (Fsp3) is 0.429. The smallest absolute Gasteiger partial charge is 0.191 e. The molecule has 3 rings (SSSR count). The molecule has 0 bridgehead atoms. The molecule has 0 amide bonds. The number of anilines is 1. The topological polar surface area (TPSA) is 52.6 Å². The van der Waals surface area contributed by atoms with E-state index in [0.29, 0.717) is 25.1 Å². The summed E-state index contributed by atoms with van der Waals surface area (Å²) in [6, 6.07) is 11.0. The number of pyridine rings is 1. The first-order chi connectivity index (χ1) is 13.3. The predicted molar refractivity (Wildman–Crippen MR) is 124 cm³/mol. The number of halogens is 2. The second-order valence-electron chi connectivity index (χ2n) is 6.68. The van der Waals surface area contributed by atoms with Gasteiger partial charge in [-0.3, -0.25) is 0 Å². The fourth-order valence-electron chi connectivity index (χ4n) is 3.21. The number of hydrogen-bond acceptors (Lipinski definition) is 3. The van der Waals surface area contributed by atoms with Crippen molar-refractivity contribution in [2.45, 2.75) is 32.7 Å². The van der Waals surface area contributed by atoms with Crippen LogP contribution in [0.3, 0.4) is 0 Å². The number of guanidine groups is 1. The van der Waals surface area contributed by atoms with Gasteiger partial charge in [0, 0.05) is 32.4 Å². The van der Waals surface area contributed by atoms with E-state index in [2.05, 4.69) is 31.6 Å². The van der Waals surface area contributed by atoms with Crippen molar-refractivity contribution in [3.63, 3.8) is 0 Å². The van der Waals surface area contributed by atoms with Gasteiger partial charge in [-0.15, -0.1) is 24.0 Å². The molecule has 0 unspecified atom stereocenters. The van der Waals surface area contributed by atoms with Gasteiger partial charge in [-0.2, -0.15) is 0 Å². The zero-order valence-electron chi connectivity index (χ0n) is 16.3. The highest BCUT2D eigenvalue weighted by Gasteiger charge is 2.13. The lowest BCUT2D eigenvalue weighted by molar-refractivity contribution is 0.606. The van der Waals surface area contributed by atoms with Gasteiger partial charge in [0.1, 0.15) is 11.6 Å². The maximum Gasteiger partial charge on any atom is 0.191 e. The Bertz CT molecular complexity index is 762. The molecule has 2 N–H and O–H groups in total. The molecule has 0 radical (unpaired) electrons. The third kappa shape index (κ3) is 6.61. The van der Waals surface area contributed by atoms with Crippen LogP contribution in [0.5, 0.6) is 0 Å². The zero-order chi connectivity index (χ0) is 18.9. The predicted octanol–water partition coefficient (Wildman–Crippen LogP) is 3.74. The van der Waals surface area contributed by atoms with E-state index in [1.807, 2.05) is 31.3 Å². The van der Waals surface area contributed by atoms with Gasteiger partial charge >= 0.3 is 0 Å². The van der Waals surface area contributed by atoms with Crippen molar-refractivity contribution in [1.29, 1.82) is 0 Å². The summed E-state index contributed by atoms with van der Waals surface area (Å²) in [6.45, 7) is 6.19. The van der Waals surface area contributed by atoms with Gasteiger partial charge in [-0.1, -0.05) is 18.2 Å². The van der Waals surface area contributed by atoms with Crippen LogP contribution in [-0.2, 0) is 13.0 Å². The van der Waals surface area contributed by atoms with Crippen molar-refractivity contribution in [3.05, 3.63) is 59.5 Å². The van der Waals surface area contributed by atoms with E-state index in [1.54, 1.807) is 6.07 Å². The van der Waals surface area contributed by atoms with Crippen LogP contribution in [0.15, 0.2) is 47.6 Å². The summed E-state index contributed by atoms with van der Waals surface area (Å²) < 4.78 is 13.7. The molecule has 28 heavy (non-hydrogen) atoms. The average molecular weight is 497 g/mol. The third-order valence-corrected chi connectivity index (χ3v) is 4.65. The van der Waals surface area contributed by atoms with Crippen LogP contribution in [0.1, 0.15) is 30.9 Å². The second-order valence-corrected chi connectivity index (χ2v) is 6.68. The van der Waals surface area contributed by atoms with Crippen LogP contribution < -0.4 is 15.5 Å². The number of benzene rings is 1. The monoisotopic (exact) mass is 497 g/mol. The molecule has 1 aromatic heterocycles. The summed E-state index contributed by atoms with van der Waals surface area (Å²) in [5.41, 5.74) is 1.85. The normalized spacial score (nSPS) is 13.9. The largest absolute Gasteiger partial charge is 0.357 e. The fourth-order valence-corrected chi connectivity index (χ4v) is 3.21. The van der Waals surface area contributed by atoms with Crippen LogP contribution in [0.25, 0.3) is 0 Å². The summed E-state index contributed by atoms with van der Waals surface area (Å²) in [7, 11) is 0. The Labute approximate surface area is 183 Å². The summed E-state index contributed by atoms with van der Waals surface area (Å²) in [6.07, 6.45) is 4.95. The lowest BCUT2D eigenvalue weighted by Crippen LogP contribution is -2.38. The first kappa shape index (κ1) is 22.4. The standard InChI is InChI=1S/C21H28FN5.HI/c1-2-23-21(25-12-10-18-7-3-4-8-19(18)22)26-16-17-9-11-24-20(15-17)27-13-5-6-14-27;/h3-4,7-9,11,15H,2,5-6,10,12-14,16H2,1H3,(H2,23,25,26);1H. The molecule has 1 aliphatic rings. The molecule has 1 saturated heterocycles. The number of hydrogen-bond donors (Lipinski definition) is 2. The Morgan fingerprint density at radius 2 is 1.96 bits per heavy atom. The van der Waals surface area contributed by atoms with Crippen molar-refractivity contribution in [2.24, 2.45) is 4.99 Å². The van der Waals surface area contributed by atoms with Crippen molar-refractivity contribution in [2.75, 3.05) is 31.1 Å². The number of aliphatic imine (C=N–C) groups is 1. The van der Waals surface area contributed by atoms with E-state index in [4.69, 9.17) is 0 Å². The number of nitrogens with one attached hydrogen (secondary N) is 2. The highest BCUT2D eigenvalue weighted by atomic mass is 127. The van der Waals surface area contributed by atoms with Crippen LogP contribution in [-0.4, -0.2) is 37.1 Å². The maximum atomic E-state index is 13.7. The zero-order valence-corrected chi connectivity index (χ0v) is 18.7. The Morgan fingerprint density at radius 1 is 1.18 bits per heavy atom. The molecular weight excluding hydrogens is 468 g/mol. The molecule has 0 spiro atoms. The Kier molecular flexibility index (Phi) is 9.46. The maximum absolute atomic E-state index is 13.7. The highest BCUT2D eigenvalue weighted by molar-refractivity contribution is 14.0. The molecular formula is C21H29FIN5. The molecule has 1 fully saturated rings. The molecule has 5 nitrogen and oxygen atoms in total. The highest BCUT2D eigenvalue weighted by Crippen LogP contribution is 2.18. The van der Waals surface area contributed by atoms with E-state index in [9.17, 15) is 4.39 Å². The van der Waals surface area contributed by atoms with Crippen LogP contribution >= 0.6 is 24.0 Å². The van der Waals surface area contributed by atoms with Gasteiger partial charge in [-0.05, 0) is 55.5 Å². The van der Waals surface area contributed by atoms with Gasteiger partial charge in [0.05, 0.1) is 6.54 Å². The summed E-state index contributed by atoms with van der Waals surface area (Å²) in [5.74, 6) is 1.62. The minimum Gasteiger partial charge on any atom is -0.357 e. The Balaban J connectivity index is 0.00000280. The van der Waals surface area contributed by atoms with Gasteiger partial charge in [0.2, 0.25) is 0 Å². The van der Waals surface area contributed by atoms with Crippen molar-refractivity contribution >= 4 is 35.8 Å². The van der Waals surface area contributed by atoms with Crippen molar-refractivity contribution < 1.29 is 4.39 Å². The average Bonchev–Trinajstić information content (AvgIpc) is 3.23. The molecule has 0 aliphatic carbocycles. The molecule has 2 aromatic rings. The van der Waals surface area contributed by atoms with E-state index in [0.717, 1.165) is 37.0 Å². The van der Waals surface area contributed by atoms with Gasteiger partial charge in [0.25, 0.3) is 0 Å². The summed E-state index contributed by atoms with van der Waals surface area (Å²) >= 11 is 0. The van der Waals surface area contributed by atoms with E-state index >= 15 is 0 Å². The van der Waals surface area contributed by atoms with E-state index < -0.39 is 0 Å². The van der Waals surface area contributed by atoms with Crippen LogP contribution in [0, 0.1) is 5.82 Å². The first-order valence-electron chi connectivity index (χ1n) is 9.71. The quantitative estimate of drug-likeness (QED) is 0.348. The number of rotatable bonds is 7. The molecule has 0 saturated carbocycles. The van der Waals surface area contributed by atoms with Gasteiger partial charge in [0.15, 0.2) is 5.96 Å².